The molecule has 0 spiro atoms. The molecule has 4 heterocycles. The van der Waals surface area contributed by atoms with Crippen LogP contribution in [0.15, 0.2) is 45.9 Å². The topological polar surface area (TPSA) is 75.9 Å². The van der Waals surface area contributed by atoms with Crippen molar-refractivity contribution in [2.24, 2.45) is 0 Å². The minimum atomic E-state index is -0.488. The van der Waals surface area contributed by atoms with Crippen LogP contribution >= 0.6 is 0 Å². The van der Waals surface area contributed by atoms with Crippen LogP contribution in [0.2, 0.25) is 0 Å². The molecule has 0 aliphatic carbocycles. The van der Waals surface area contributed by atoms with E-state index in [1.54, 1.807) is 17.3 Å². The number of carbonyl (C=O) groups is 1. The van der Waals surface area contributed by atoms with Crippen molar-refractivity contribution >= 4 is 16.9 Å². The maximum atomic E-state index is 13.6. The predicted octanol–water partition coefficient (Wildman–Crippen LogP) is 3.07. The smallest absolute Gasteiger partial charge is 0.290 e. The van der Waals surface area contributed by atoms with E-state index in [1.165, 1.54) is 0 Å². The van der Waals surface area contributed by atoms with E-state index in [2.05, 4.69) is 9.88 Å². The number of carbonyl (C=O) groups excluding carboxylic acids is 1. The van der Waals surface area contributed by atoms with Crippen LogP contribution in [0.1, 0.15) is 45.3 Å². The van der Waals surface area contributed by atoms with Crippen LogP contribution in [-0.4, -0.2) is 60.1 Å². The van der Waals surface area contributed by atoms with Gasteiger partial charge in [-0.2, -0.15) is 0 Å². The van der Waals surface area contributed by atoms with Crippen molar-refractivity contribution in [3.05, 3.63) is 74.9 Å². The SMILES string of the molecule is Cc1cc2oc3c(c(=O)c2cc1C)[C@H](c1cccnc1)N(CCCN1CCOCC1)C3=O. The number of aromatic nitrogens is 1. The van der Waals surface area contributed by atoms with Gasteiger partial charge in [0.15, 0.2) is 5.43 Å². The van der Waals surface area contributed by atoms with Gasteiger partial charge in [-0.15, -0.1) is 0 Å². The van der Waals surface area contributed by atoms with Crippen molar-refractivity contribution < 1.29 is 13.9 Å². The van der Waals surface area contributed by atoms with Crippen LogP contribution < -0.4 is 5.43 Å². The first-order valence-electron chi connectivity index (χ1n) is 11.1. The highest BCUT2D eigenvalue weighted by atomic mass is 16.5. The second-order valence-corrected chi connectivity index (χ2v) is 8.60. The van der Waals surface area contributed by atoms with Crippen LogP contribution in [-0.2, 0) is 4.74 Å². The Hall–Kier alpha value is -3.03. The third-order valence-electron chi connectivity index (χ3n) is 6.56. The van der Waals surface area contributed by atoms with Gasteiger partial charge in [-0.3, -0.25) is 19.5 Å². The molecule has 0 unspecified atom stereocenters. The first kappa shape index (κ1) is 20.8. The van der Waals surface area contributed by atoms with Crippen LogP contribution in [0.3, 0.4) is 0 Å². The van der Waals surface area contributed by atoms with E-state index in [4.69, 9.17) is 9.15 Å². The predicted molar refractivity (Wildman–Crippen MR) is 121 cm³/mol. The number of ether oxygens (including phenoxy) is 1. The largest absolute Gasteiger partial charge is 0.450 e. The van der Waals surface area contributed by atoms with Gasteiger partial charge in [0, 0.05) is 38.6 Å². The Labute approximate surface area is 186 Å². The number of rotatable bonds is 5. The maximum Gasteiger partial charge on any atom is 0.290 e. The molecule has 0 bridgehead atoms. The van der Waals surface area contributed by atoms with Crippen molar-refractivity contribution in [2.45, 2.75) is 26.3 Å². The fraction of sp³-hybridized carbons (Fsp3) is 0.400. The van der Waals surface area contributed by atoms with Crippen LogP contribution in [0.4, 0.5) is 0 Å². The molecular formula is C25H27N3O4. The number of hydrogen-bond donors (Lipinski definition) is 0. The Balaban J connectivity index is 1.54. The lowest BCUT2D eigenvalue weighted by Gasteiger charge is -2.29. The van der Waals surface area contributed by atoms with Crippen LogP contribution in [0.25, 0.3) is 11.0 Å². The van der Waals surface area contributed by atoms with Gasteiger partial charge in [-0.1, -0.05) is 6.07 Å². The zero-order chi connectivity index (χ0) is 22.2. The molecule has 1 aromatic carbocycles. The Bertz CT molecular complexity index is 1220. The lowest BCUT2D eigenvalue weighted by atomic mass is 9.98. The number of amides is 1. The molecule has 7 heteroatoms. The van der Waals surface area contributed by atoms with E-state index >= 15 is 0 Å². The Kier molecular flexibility index (Phi) is 5.53. The summed E-state index contributed by atoms with van der Waals surface area (Å²) in [6.07, 6.45) is 4.23. The highest BCUT2D eigenvalue weighted by Crippen LogP contribution is 2.38. The van der Waals surface area contributed by atoms with E-state index in [1.807, 2.05) is 38.1 Å². The number of nitrogens with zero attached hydrogens (tertiary/aromatic N) is 3. The van der Waals surface area contributed by atoms with Crippen molar-refractivity contribution in [3.63, 3.8) is 0 Å². The summed E-state index contributed by atoms with van der Waals surface area (Å²) < 4.78 is 11.5. The molecule has 32 heavy (non-hydrogen) atoms. The van der Waals surface area contributed by atoms with Crippen LogP contribution in [0.5, 0.6) is 0 Å². The quantitative estimate of drug-likeness (QED) is 0.616. The first-order chi connectivity index (χ1) is 15.5. The molecule has 1 saturated heterocycles. The van der Waals surface area contributed by atoms with Crippen molar-refractivity contribution in [1.82, 2.24) is 14.8 Å². The molecule has 1 fully saturated rings. The van der Waals surface area contributed by atoms with E-state index < -0.39 is 6.04 Å². The number of aryl methyl sites for hydroxylation is 2. The molecule has 7 nitrogen and oxygen atoms in total. The maximum absolute atomic E-state index is 13.6. The third kappa shape index (κ3) is 3.61. The number of morpholine rings is 1. The second-order valence-electron chi connectivity index (χ2n) is 8.60. The van der Waals surface area contributed by atoms with Gasteiger partial charge in [-0.05, 0) is 55.2 Å². The average molecular weight is 434 g/mol. The number of hydrogen-bond acceptors (Lipinski definition) is 6. The highest BCUT2D eigenvalue weighted by molar-refractivity contribution is 5.99. The summed E-state index contributed by atoms with van der Waals surface area (Å²) in [5.74, 6) is -0.0703. The molecule has 2 aliphatic rings. The Morgan fingerprint density at radius 1 is 1.09 bits per heavy atom. The van der Waals surface area contributed by atoms with Gasteiger partial charge in [0.2, 0.25) is 5.76 Å². The van der Waals surface area contributed by atoms with Gasteiger partial charge in [0.1, 0.15) is 5.58 Å². The molecule has 2 aromatic heterocycles. The van der Waals surface area contributed by atoms with Gasteiger partial charge < -0.3 is 14.1 Å². The highest BCUT2D eigenvalue weighted by Gasteiger charge is 2.42. The fourth-order valence-corrected chi connectivity index (χ4v) is 4.68. The zero-order valence-electron chi connectivity index (χ0n) is 18.5. The molecule has 3 aromatic rings. The minimum Gasteiger partial charge on any atom is -0.450 e. The number of fused-ring (bicyclic) bond motifs is 2. The number of benzene rings is 1. The molecule has 0 saturated carbocycles. The summed E-state index contributed by atoms with van der Waals surface area (Å²) in [5, 5.41) is 0.517. The molecule has 2 aliphatic heterocycles. The molecule has 5 rings (SSSR count). The molecule has 1 atom stereocenters. The van der Waals surface area contributed by atoms with Gasteiger partial charge >= 0.3 is 0 Å². The van der Waals surface area contributed by atoms with Gasteiger partial charge in [0.05, 0.1) is 30.2 Å². The minimum absolute atomic E-state index is 0.137. The van der Waals surface area contributed by atoms with E-state index in [0.29, 0.717) is 23.1 Å². The first-order valence-corrected chi connectivity index (χ1v) is 11.1. The lowest BCUT2D eigenvalue weighted by Crippen LogP contribution is -2.38. The molecule has 1 amide bonds. The van der Waals surface area contributed by atoms with Crippen molar-refractivity contribution in [1.29, 1.82) is 0 Å². The monoisotopic (exact) mass is 433 g/mol. The molecule has 166 valence electrons. The zero-order valence-corrected chi connectivity index (χ0v) is 18.5. The standard InChI is InChI=1S/C25H27N3O4/c1-16-13-19-20(14-17(16)2)32-24-21(23(19)29)22(18-5-3-6-26-15-18)28(25(24)30)8-4-7-27-9-11-31-12-10-27/h3,5-6,13-15,22H,4,7-12H2,1-2H3/t22-/m0/s1. The van der Waals surface area contributed by atoms with E-state index in [-0.39, 0.29) is 17.1 Å². The Morgan fingerprint density at radius 3 is 2.62 bits per heavy atom. The van der Waals surface area contributed by atoms with Crippen molar-refractivity contribution in [2.75, 3.05) is 39.4 Å². The van der Waals surface area contributed by atoms with Crippen molar-refractivity contribution in [3.8, 4) is 0 Å². The van der Waals surface area contributed by atoms with E-state index in [9.17, 15) is 9.59 Å². The average Bonchev–Trinajstić information content (AvgIpc) is 3.09. The molecule has 0 N–H and O–H groups in total. The second kappa shape index (κ2) is 8.48. The van der Waals surface area contributed by atoms with Gasteiger partial charge in [0.25, 0.3) is 5.91 Å². The fourth-order valence-electron chi connectivity index (χ4n) is 4.68. The van der Waals surface area contributed by atoms with Gasteiger partial charge in [-0.25, -0.2) is 0 Å². The summed E-state index contributed by atoms with van der Waals surface area (Å²) >= 11 is 0. The summed E-state index contributed by atoms with van der Waals surface area (Å²) in [6.45, 7) is 8.67. The summed E-state index contributed by atoms with van der Waals surface area (Å²) in [6, 6.07) is 6.97. The Morgan fingerprint density at radius 2 is 1.88 bits per heavy atom. The third-order valence-corrected chi connectivity index (χ3v) is 6.56. The normalized spacial score (nSPS) is 19.0. The lowest BCUT2D eigenvalue weighted by molar-refractivity contribution is 0.0353. The van der Waals surface area contributed by atoms with Crippen LogP contribution in [0, 0.1) is 13.8 Å². The summed E-state index contributed by atoms with van der Waals surface area (Å²) in [7, 11) is 0. The number of pyridine rings is 1. The summed E-state index contributed by atoms with van der Waals surface area (Å²) in [4.78, 5) is 35.4. The van der Waals surface area contributed by atoms with E-state index in [0.717, 1.165) is 56.0 Å². The molecular weight excluding hydrogens is 406 g/mol. The molecule has 0 radical (unpaired) electrons. The summed E-state index contributed by atoms with van der Waals surface area (Å²) in [5.41, 5.74) is 3.62.